The van der Waals surface area contributed by atoms with E-state index in [4.69, 9.17) is 6.42 Å². The maximum atomic E-state index is 12.0. The van der Waals surface area contributed by atoms with E-state index in [1.807, 2.05) is 6.92 Å². The minimum Gasteiger partial charge on any atom is -0.313 e. The molecule has 0 saturated carbocycles. The number of hydrogen-bond acceptors (Lipinski definition) is 3. The summed E-state index contributed by atoms with van der Waals surface area (Å²) in [4.78, 5) is 0. The van der Waals surface area contributed by atoms with E-state index in [1.54, 1.807) is 0 Å². The van der Waals surface area contributed by atoms with Crippen LogP contribution in [0.15, 0.2) is 0 Å². The van der Waals surface area contributed by atoms with Gasteiger partial charge in [-0.1, -0.05) is 13.3 Å². The second-order valence-corrected chi connectivity index (χ2v) is 6.65. The van der Waals surface area contributed by atoms with Crippen LogP contribution in [-0.4, -0.2) is 32.0 Å². The molecule has 1 heterocycles. The highest BCUT2D eigenvalue weighted by Crippen LogP contribution is 2.24. The summed E-state index contributed by atoms with van der Waals surface area (Å²) in [6.45, 7) is 2.79. The molecule has 1 saturated heterocycles. The molecule has 0 aliphatic carbocycles. The third kappa shape index (κ3) is 3.50. The number of nitrogens with one attached hydrogen (secondary N) is 1. The largest absolute Gasteiger partial charge is 0.313 e. The Labute approximate surface area is 98.9 Å². The lowest BCUT2D eigenvalue weighted by atomic mass is 10.0. The third-order valence-electron chi connectivity index (χ3n) is 3.14. The monoisotopic (exact) mass is 243 g/mol. The molecule has 0 spiro atoms. The van der Waals surface area contributed by atoms with Crippen LogP contribution >= 0.6 is 0 Å². The molecular formula is C12H21NO2S. The molecule has 92 valence electrons. The molecule has 1 N–H and O–H groups in total. The summed E-state index contributed by atoms with van der Waals surface area (Å²) in [7, 11) is -2.91. The van der Waals surface area contributed by atoms with Crippen molar-refractivity contribution in [2.45, 2.75) is 50.3 Å². The van der Waals surface area contributed by atoms with Gasteiger partial charge in [0.25, 0.3) is 0 Å². The molecule has 1 rings (SSSR count). The minimum absolute atomic E-state index is 0.0337. The van der Waals surface area contributed by atoms with Crippen molar-refractivity contribution >= 4 is 9.84 Å². The molecule has 0 amide bonds. The van der Waals surface area contributed by atoms with Crippen LogP contribution in [0, 0.1) is 12.3 Å². The molecule has 16 heavy (non-hydrogen) atoms. The van der Waals surface area contributed by atoms with E-state index in [2.05, 4.69) is 11.2 Å². The molecule has 1 aliphatic heterocycles. The summed E-state index contributed by atoms with van der Waals surface area (Å²) >= 11 is 0. The maximum Gasteiger partial charge on any atom is 0.154 e. The summed E-state index contributed by atoms with van der Waals surface area (Å²) < 4.78 is 23.9. The van der Waals surface area contributed by atoms with E-state index in [0.29, 0.717) is 12.2 Å². The van der Waals surface area contributed by atoms with E-state index in [9.17, 15) is 8.42 Å². The summed E-state index contributed by atoms with van der Waals surface area (Å²) in [5.74, 6) is 2.93. The van der Waals surface area contributed by atoms with Gasteiger partial charge in [0.05, 0.1) is 11.0 Å². The van der Waals surface area contributed by atoms with Crippen molar-refractivity contribution in [2.75, 3.05) is 12.3 Å². The number of terminal acetylenes is 1. The average molecular weight is 243 g/mol. The first-order valence-corrected chi connectivity index (χ1v) is 7.71. The second-order valence-electron chi connectivity index (χ2n) is 4.31. The Balaban J connectivity index is 2.71. The molecule has 0 aromatic carbocycles. The number of rotatable bonds is 5. The first kappa shape index (κ1) is 13.5. The Morgan fingerprint density at radius 2 is 2.25 bits per heavy atom. The Morgan fingerprint density at radius 3 is 2.81 bits per heavy atom. The predicted octanol–water partition coefficient (Wildman–Crippen LogP) is 1.35. The van der Waals surface area contributed by atoms with Gasteiger partial charge >= 0.3 is 0 Å². The third-order valence-corrected chi connectivity index (χ3v) is 5.49. The molecule has 2 unspecified atom stereocenters. The van der Waals surface area contributed by atoms with Gasteiger partial charge in [-0.15, -0.1) is 12.3 Å². The fourth-order valence-corrected chi connectivity index (χ4v) is 4.52. The minimum atomic E-state index is -2.91. The highest BCUT2D eigenvalue weighted by Gasteiger charge is 2.34. The zero-order chi connectivity index (χ0) is 12.0. The van der Waals surface area contributed by atoms with Gasteiger partial charge in [-0.05, 0) is 25.8 Å². The van der Waals surface area contributed by atoms with Crippen molar-refractivity contribution in [3.63, 3.8) is 0 Å². The molecule has 1 aliphatic rings. The first-order valence-electron chi connectivity index (χ1n) is 6.00. The Morgan fingerprint density at radius 1 is 1.50 bits per heavy atom. The fourth-order valence-electron chi connectivity index (χ4n) is 2.35. The van der Waals surface area contributed by atoms with E-state index in [0.717, 1.165) is 32.2 Å². The van der Waals surface area contributed by atoms with E-state index >= 15 is 0 Å². The van der Waals surface area contributed by atoms with Crippen LogP contribution in [0.2, 0.25) is 0 Å². The number of hydrogen-bond donors (Lipinski definition) is 1. The van der Waals surface area contributed by atoms with Crippen molar-refractivity contribution in [3.8, 4) is 12.3 Å². The summed E-state index contributed by atoms with van der Waals surface area (Å²) in [5, 5.41) is 3.04. The molecule has 2 atom stereocenters. The van der Waals surface area contributed by atoms with Crippen LogP contribution < -0.4 is 5.32 Å². The fraction of sp³-hybridized carbons (Fsp3) is 0.833. The predicted molar refractivity (Wildman–Crippen MR) is 67.0 cm³/mol. The van der Waals surface area contributed by atoms with Crippen LogP contribution in [0.25, 0.3) is 0 Å². The SMILES string of the molecule is C#CCCC(NCC)C1CCCCS1(=O)=O. The van der Waals surface area contributed by atoms with Gasteiger partial charge in [0.1, 0.15) is 0 Å². The van der Waals surface area contributed by atoms with Crippen molar-refractivity contribution in [2.24, 2.45) is 0 Å². The molecule has 1 fully saturated rings. The van der Waals surface area contributed by atoms with Crippen LogP contribution in [0.1, 0.15) is 39.0 Å². The van der Waals surface area contributed by atoms with Crippen molar-refractivity contribution < 1.29 is 8.42 Å². The van der Waals surface area contributed by atoms with Crippen molar-refractivity contribution in [1.82, 2.24) is 5.32 Å². The molecule has 0 radical (unpaired) electrons. The highest BCUT2D eigenvalue weighted by molar-refractivity contribution is 7.92. The summed E-state index contributed by atoms with van der Waals surface area (Å²) in [6.07, 6.45) is 9.25. The highest BCUT2D eigenvalue weighted by atomic mass is 32.2. The normalized spacial score (nSPS) is 25.9. The maximum absolute atomic E-state index is 12.0. The zero-order valence-electron chi connectivity index (χ0n) is 9.91. The first-order chi connectivity index (χ1) is 7.61. The summed E-state index contributed by atoms with van der Waals surface area (Å²) in [5.41, 5.74) is 0. The lowest BCUT2D eigenvalue weighted by Gasteiger charge is -2.30. The lowest BCUT2D eigenvalue weighted by molar-refractivity contribution is 0.427. The van der Waals surface area contributed by atoms with Gasteiger partial charge in [0.15, 0.2) is 9.84 Å². The van der Waals surface area contributed by atoms with E-state index in [1.165, 1.54) is 0 Å². The Kier molecular flexibility index (Phi) is 5.30. The van der Waals surface area contributed by atoms with Crippen LogP contribution in [0.4, 0.5) is 0 Å². The van der Waals surface area contributed by atoms with Gasteiger partial charge in [-0.25, -0.2) is 8.42 Å². The molecule has 3 nitrogen and oxygen atoms in total. The Bertz CT molecular complexity index is 343. The molecule has 0 aromatic heterocycles. The van der Waals surface area contributed by atoms with E-state index in [-0.39, 0.29) is 11.3 Å². The van der Waals surface area contributed by atoms with Crippen LogP contribution in [0.3, 0.4) is 0 Å². The van der Waals surface area contributed by atoms with Gasteiger partial charge in [-0.2, -0.15) is 0 Å². The quantitative estimate of drug-likeness (QED) is 0.741. The summed E-state index contributed by atoms with van der Waals surface area (Å²) in [6, 6.07) is 0.0337. The van der Waals surface area contributed by atoms with E-state index < -0.39 is 9.84 Å². The standard InChI is InChI=1S/C12H21NO2S/c1-3-5-8-11(13-4-2)12-9-6-7-10-16(12,14)15/h1,11-13H,4-10H2,2H3. The molecule has 0 bridgehead atoms. The van der Waals surface area contributed by atoms with Gasteiger partial charge in [-0.3, -0.25) is 0 Å². The lowest BCUT2D eigenvalue weighted by Crippen LogP contribution is -2.46. The zero-order valence-corrected chi connectivity index (χ0v) is 10.7. The van der Waals surface area contributed by atoms with Gasteiger partial charge in [0.2, 0.25) is 0 Å². The molecule has 0 aromatic rings. The van der Waals surface area contributed by atoms with Crippen molar-refractivity contribution in [1.29, 1.82) is 0 Å². The van der Waals surface area contributed by atoms with Gasteiger partial charge < -0.3 is 5.32 Å². The average Bonchev–Trinajstić information content (AvgIpc) is 2.24. The number of sulfone groups is 1. The van der Waals surface area contributed by atoms with Crippen molar-refractivity contribution in [3.05, 3.63) is 0 Å². The van der Waals surface area contributed by atoms with Crippen LogP contribution in [0.5, 0.6) is 0 Å². The molecule has 4 heteroatoms. The second kappa shape index (κ2) is 6.27. The smallest absolute Gasteiger partial charge is 0.154 e. The molecular weight excluding hydrogens is 222 g/mol. The Hall–Kier alpha value is -0.530. The van der Waals surface area contributed by atoms with Gasteiger partial charge in [0, 0.05) is 12.5 Å². The van der Waals surface area contributed by atoms with Crippen LogP contribution in [-0.2, 0) is 9.84 Å². The topological polar surface area (TPSA) is 46.2 Å².